The van der Waals surface area contributed by atoms with E-state index in [0.29, 0.717) is 33.2 Å². The van der Waals surface area contributed by atoms with Crippen LogP contribution in [0.5, 0.6) is 0 Å². The van der Waals surface area contributed by atoms with E-state index in [0.717, 1.165) is 0 Å². The molecular formula is C15H13ClN4O. The number of benzene rings is 2. The Balaban J connectivity index is 2.35. The molecule has 21 heavy (non-hydrogen) atoms. The third-order valence-electron chi connectivity index (χ3n) is 2.91. The van der Waals surface area contributed by atoms with E-state index in [9.17, 15) is 4.79 Å². The molecule has 0 aliphatic rings. The maximum atomic E-state index is 11.5. The topological polar surface area (TPSA) is 90.9 Å². The van der Waals surface area contributed by atoms with Crippen molar-refractivity contribution in [3.8, 4) is 6.07 Å². The van der Waals surface area contributed by atoms with Crippen molar-refractivity contribution >= 4 is 34.6 Å². The zero-order chi connectivity index (χ0) is 15.4. The molecule has 0 aromatic heterocycles. The average Bonchev–Trinajstić information content (AvgIpc) is 2.48. The monoisotopic (exact) mass is 300 g/mol. The first-order valence-electron chi connectivity index (χ1n) is 6.13. The van der Waals surface area contributed by atoms with E-state index in [1.165, 1.54) is 0 Å². The summed E-state index contributed by atoms with van der Waals surface area (Å²) in [6.45, 7) is 0. The zero-order valence-corrected chi connectivity index (χ0v) is 12.0. The number of anilines is 3. The minimum absolute atomic E-state index is 0.214. The fourth-order valence-electron chi connectivity index (χ4n) is 1.82. The van der Waals surface area contributed by atoms with Gasteiger partial charge in [0, 0.05) is 17.6 Å². The number of carbonyl (C=O) groups excluding carboxylic acids is 1. The molecule has 0 radical (unpaired) electrons. The van der Waals surface area contributed by atoms with Gasteiger partial charge in [-0.25, -0.2) is 0 Å². The number of nitrogen functional groups attached to an aromatic ring is 1. The Morgan fingerprint density at radius 2 is 2.00 bits per heavy atom. The maximum absolute atomic E-state index is 11.5. The number of rotatable bonds is 3. The van der Waals surface area contributed by atoms with E-state index >= 15 is 0 Å². The molecule has 2 aromatic rings. The molecule has 0 fully saturated rings. The van der Waals surface area contributed by atoms with Gasteiger partial charge in [-0.05, 0) is 36.4 Å². The van der Waals surface area contributed by atoms with E-state index in [1.807, 2.05) is 0 Å². The summed E-state index contributed by atoms with van der Waals surface area (Å²) in [5, 5.41) is 15.2. The number of nitrogens with zero attached hydrogens (tertiary/aromatic N) is 1. The highest BCUT2D eigenvalue weighted by atomic mass is 35.5. The zero-order valence-electron chi connectivity index (χ0n) is 11.3. The van der Waals surface area contributed by atoms with Gasteiger partial charge in [0.1, 0.15) is 6.07 Å². The lowest BCUT2D eigenvalue weighted by atomic mass is 10.1. The van der Waals surface area contributed by atoms with Crippen molar-refractivity contribution in [3.63, 3.8) is 0 Å². The Hall–Kier alpha value is -2.71. The van der Waals surface area contributed by atoms with E-state index < -0.39 is 0 Å². The second kappa shape index (κ2) is 6.16. The molecule has 1 amide bonds. The number of halogens is 1. The minimum atomic E-state index is -0.214. The lowest BCUT2D eigenvalue weighted by Crippen LogP contribution is -2.18. The lowest BCUT2D eigenvalue weighted by Gasteiger charge is -2.12. The molecule has 2 aromatic carbocycles. The van der Waals surface area contributed by atoms with Gasteiger partial charge in [-0.2, -0.15) is 5.26 Å². The summed E-state index contributed by atoms with van der Waals surface area (Å²) in [5.41, 5.74) is 8.41. The highest BCUT2D eigenvalue weighted by molar-refractivity contribution is 6.30. The van der Waals surface area contributed by atoms with Gasteiger partial charge < -0.3 is 16.4 Å². The summed E-state index contributed by atoms with van der Waals surface area (Å²) in [4.78, 5) is 11.5. The van der Waals surface area contributed by atoms with Crippen molar-refractivity contribution in [1.82, 2.24) is 5.32 Å². The molecule has 0 aliphatic heterocycles. The van der Waals surface area contributed by atoms with Crippen molar-refractivity contribution < 1.29 is 4.79 Å². The number of nitriles is 1. The average molecular weight is 301 g/mol. The maximum Gasteiger partial charge on any atom is 0.251 e. The Morgan fingerprint density at radius 3 is 2.62 bits per heavy atom. The number of nitrogens with one attached hydrogen (secondary N) is 2. The standard InChI is InChI=1S/C15H13ClN4O/c1-19-15(21)9-3-5-13(12(18)6-9)20-14-7-11(16)4-2-10(14)8-17/h2-7,20H,18H2,1H3,(H,19,21). The quantitative estimate of drug-likeness (QED) is 0.760. The second-order valence-corrected chi connectivity index (χ2v) is 4.74. The normalized spacial score (nSPS) is 9.76. The molecule has 0 atom stereocenters. The molecule has 0 aliphatic carbocycles. The first kappa shape index (κ1) is 14.7. The largest absolute Gasteiger partial charge is 0.397 e. The fraction of sp³-hybridized carbons (Fsp3) is 0.0667. The van der Waals surface area contributed by atoms with E-state index in [-0.39, 0.29) is 5.91 Å². The summed E-state index contributed by atoms with van der Waals surface area (Å²) >= 11 is 5.93. The SMILES string of the molecule is CNC(=O)c1ccc(Nc2cc(Cl)ccc2C#N)c(N)c1. The van der Waals surface area contributed by atoms with Gasteiger partial charge in [0.2, 0.25) is 0 Å². The molecule has 0 heterocycles. The number of hydrogen-bond donors (Lipinski definition) is 3. The van der Waals surface area contributed by atoms with Crippen LogP contribution in [0.25, 0.3) is 0 Å². The van der Waals surface area contributed by atoms with Gasteiger partial charge in [0.25, 0.3) is 5.91 Å². The third-order valence-corrected chi connectivity index (χ3v) is 3.15. The van der Waals surface area contributed by atoms with Crippen LogP contribution in [-0.2, 0) is 0 Å². The van der Waals surface area contributed by atoms with Crippen molar-refractivity contribution in [2.24, 2.45) is 0 Å². The van der Waals surface area contributed by atoms with Crippen LogP contribution in [0.2, 0.25) is 5.02 Å². The molecule has 0 spiro atoms. The van der Waals surface area contributed by atoms with Gasteiger partial charge in [0.05, 0.1) is 22.6 Å². The van der Waals surface area contributed by atoms with Gasteiger partial charge in [0.15, 0.2) is 0 Å². The van der Waals surface area contributed by atoms with Crippen LogP contribution in [0.1, 0.15) is 15.9 Å². The van der Waals surface area contributed by atoms with Gasteiger partial charge in [-0.3, -0.25) is 4.79 Å². The molecule has 2 rings (SSSR count). The number of amides is 1. The van der Waals surface area contributed by atoms with Crippen LogP contribution in [0.4, 0.5) is 17.1 Å². The molecule has 106 valence electrons. The van der Waals surface area contributed by atoms with Crippen LogP contribution >= 0.6 is 11.6 Å². The van der Waals surface area contributed by atoms with Gasteiger partial charge >= 0.3 is 0 Å². The van der Waals surface area contributed by atoms with Crippen LogP contribution in [0.15, 0.2) is 36.4 Å². The molecule has 0 saturated heterocycles. The number of carbonyl (C=O) groups is 1. The summed E-state index contributed by atoms with van der Waals surface area (Å²) in [6.07, 6.45) is 0. The molecule has 0 unspecified atom stereocenters. The van der Waals surface area contributed by atoms with Crippen molar-refractivity contribution in [1.29, 1.82) is 5.26 Å². The van der Waals surface area contributed by atoms with Crippen molar-refractivity contribution in [2.45, 2.75) is 0 Å². The van der Waals surface area contributed by atoms with Crippen LogP contribution in [0.3, 0.4) is 0 Å². The van der Waals surface area contributed by atoms with E-state index in [2.05, 4.69) is 16.7 Å². The smallest absolute Gasteiger partial charge is 0.251 e. The third kappa shape index (κ3) is 3.25. The van der Waals surface area contributed by atoms with Crippen molar-refractivity contribution in [2.75, 3.05) is 18.1 Å². The molecule has 0 saturated carbocycles. The second-order valence-electron chi connectivity index (χ2n) is 4.31. The summed E-state index contributed by atoms with van der Waals surface area (Å²) in [7, 11) is 1.55. The Labute approximate surface area is 127 Å². The highest BCUT2D eigenvalue weighted by Gasteiger charge is 2.09. The van der Waals surface area contributed by atoms with Gasteiger partial charge in [-0.1, -0.05) is 11.6 Å². The number of hydrogen-bond acceptors (Lipinski definition) is 4. The first-order chi connectivity index (χ1) is 10.0. The summed E-state index contributed by atoms with van der Waals surface area (Å²) in [5.74, 6) is -0.214. The Morgan fingerprint density at radius 1 is 1.24 bits per heavy atom. The summed E-state index contributed by atoms with van der Waals surface area (Å²) in [6, 6.07) is 11.9. The van der Waals surface area contributed by atoms with Crippen LogP contribution in [0, 0.1) is 11.3 Å². The molecule has 6 heteroatoms. The van der Waals surface area contributed by atoms with E-state index in [1.54, 1.807) is 43.4 Å². The Bertz CT molecular complexity index is 737. The minimum Gasteiger partial charge on any atom is -0.397 e. The highest BCUT2D eigenvalue weighted by Crippen LogP contribution is 2.28. The van der Waals surface area contributed by atoms with Crippen molar-refractivity contribution in [3.05, 3.63) is 52.5 Å². The fourth-order valence-corrected chi connectivity index (χ4v) is 2.00. The Kier molecular flexibility index (Phi) is 4.31. The summed E-state index contributed by atoms with van der Waals surface area (Å²) < 4.78 is 0. The predicted molar refractivity (Wildman–Crippen MR) is 83.7 cm³/mol. The van der Waals surface area contributed by atoms with E-state index in [4.69, 9.17) is 22.6 Å². The first-order valence-corrected chi connectivity index (χ1v) is 6.51. The van der Waals surface area contributed by atoms with Crippen LogP contribution in [-0.4, -0.2) is 13.0 Å². The number of nitrogens with two attached hydrogens (primary N) is 1. The molecule has 5 nitrogen and oxygen atoms in total. The molecule has 0 bridgehead atoms. The molecular weight excluding hydrogens is 288 g/mol. The predicted octanol–water partition coefficient (Wildman–Crippen LogP) is 2.90. The van der Waals surface area contributed by atoms with Gasteiger partial charge in [-0.15, -0.1) is 0 Å². The van der Waals surface area contributed by atoms with Crippen LogP contribution < -0.4 is 16.4 Å². The lowest BCUT2D eigenvalue weighted by molar-refractivity contribution is 0.0963. The molecule has 4 N–H and O–H groups in total.